The van der Waals surface area contributed by atoms with Gasteiger partial charge in [-0.15, -0.1) is 23.2 Å². The lowest BCUT2D eigenvalue weighted by molar-refractivity contribution is -0.137. The second-order valence-corrected chi connectivity index (χ2v) is 11.5. The summed E-state index contributed by atoms with van der Waals surface area (Å²) in [6.45, 7) is 5.66. The lowest BCUT2D eigenvalue weighted by Crippen LogP contribution is -2.50. The van der Waals surface area contributed by atoms with E-state index in [-0.39, 0.29) is 42.6 Å². The Hall–Kier alpha value is -3.11. The maximum absolute atomic E-state index is 13.1. The van der Waals surface area contributed by atoms with Gasteiger partial charge in [0.2, 0.25) is 11.8 Å². The molecule has 0 radical (unpaired) electrons. The topological polar surface area (TPSA) is 140 Å². The van der Waals surface area contributed by atoms with Crippen LogP contribution in [0.5, 0.6) is 5.75 Å². The number of H-pyrrole nitrogens is 1. The second kappa shape index (κ2) is 11.3. The van der Waals surface area contributed by atoms with Crippen LogP contribution in [-0.2, 0) is 21.0 Å². The number of aromatic amines is 1. The molecule has 1 aromatic heterocycles. The SMILES string of the molecule is CC(=O)C(=N)c1cc(OCc2cc(C)[nH]n2)ccc1NCC(=O)N1CCCC1C(=O)NC(C)C1CC1(Cl)Cl. The number of aryl methyl sites for hydroxylation is 1. The van der Waals surface area contributed by atoms with Gasteiger partial charge in [-0.2, -0.15) is 5.10 Å². The highest BCUT2D eigenvalue weighted by Crippen LogP contribution is 2.54. The van der Waals surface area contributed by atoms with E-state index in [1.165, 1.54) is 6.92 Å². The summed E-state index contributed by atoms with van der Waals surface area (Å²) in [4.78, 5) is 39.6. The Morgan fingerprint density at radius 2 is 2.05 bits per heavy atom. The lowest BCUT2D eigenvalue weighted by Gasteiger charge is -2.26. The average molecular weight is 563 g/mol. The number of nitrogens with zero attached hydrogens (tertiary/aromatic N) is 2. The molecule has 4 rings (SSSR count). The van der Waals surface area contributed by atoms with Crippen LogP contribution in [0, 0.1) is 18.3 Å². The minimum atomic E-state index is -0.800. The molecule has 1 saturated carbocycles. The molecule has 3 unspecified atom stereocenters. The average Bonchev–Trinajstić information content (AvgIpc) is 3.22. The van der Waals surface area contributed by atoms with Crippen LogP contribution in [0.1, 0.15) is 50.1 Å². The zero-order valence-corrected chi connectivity index (χ0v) is 23.1. The van der Waals surface area contributed by atoms with Gasteiger partial charge in [0.25, 0.3) is 0 Å². The van der Waals surface area contributed by atoms with Gasteiger partial charge in [0.15, 0.2) is 5.78 Å². The predicted molar refractivity (Wildman–Crippen MR) is 145 cm³/mol. The molecular formula is C26H32Cl2N6O4. The number of anilines is 1. The Kier molecular flexibility index (Phi) is 8.32. The second-order valence-electron chi connectivity index (χ2n) is 9.94. The molecule has 2 amide bonds. The van der Waals surface area contributed by atoms with E-state index in [9.17, 15) is 14.4 Å². The fourth-order valence-electron chi connectivity index (χ4n) is 4.68. The van der Waals surface area contributed by atoms with Gasteiger partial charge in [0.1, 0.15) is 28.4 Å². The summed E-state index contributed by atoms with van der Waals surface area (Å²) in [5, 5.41) is 21.2. The maximum Gasteiger partial charge on any atom is 0.243 e. The Morgan fingerprint density at radius 3 is 2.68 bits per heavy atom. The quantitative estimate of drug-likeness (QED) is 0.244. The third-order valence-electron chi connectivity index (χ3n) is 6.91. The van der Waals surface area contributed by atoms with Gasteiger partial charge in [-0.3, -0.25) is 24.9 Å². The third-order valence-corrected chi connectivity index (χ3v) is 7.78. The zero-order chi connectivity index (χ0) is 27.6. The molecule has 0 spiro atoms. The first kappa shape index (κ1) is 27.9. The van der Waals surface area contributed by atoms with Gasteiger partial charge in [-0.1, -0.05) is 0 Å². The van der Waals surface area contributed by atoms with Crippen molar-refractivity contribution in [3.63, 3.8) is 0 Å². The van der Waals surface area contributed by atoms with Crippen molar-refractivity contribution in [3.8, 4) is 5.75 Å². The van der Waals surface area contributed by atoms with Crippen molar-refractivity contribution in [1.82, 2.24) is 20.4 Å². The molecule has 1 aliphatic carbocycles. The fourth-order valence-corrected chi connectivity index (χ4v) is 5.39. The number of amides is 2. The molecule has 2 fully saturated rings. The van der Waals surface area contributed by atoms with Gasteiger partial charge in [-0.05, 0) is 57.4 Å². The highest BCUT2D eigenvalue weighted by molar-refractivity contribution is 6.51. The Morgan fingerprint density at radius 1 is 1.32 bits per heavy atom. The predicted octanol–water partition coefficient (Wildman–Crippen LogP) is 3.36. The van der Waals surface area contributed by atoms with Gasteiger partial charge in [0.05, 0.1) is 12.2 Å². The number of alkyl halides is 2. The Balaban J connectivity index is 1.39. The van der Waals surface area contributed by atoms with Crippen LogP contribution in [0.15, 0.2) is 24.3 Å². The summed E-state index contributed by atoms with van der Waals surface area (Å²) in [6, 6.07) is 6.06. The van der Waals surface area contributed by atoms with Crippen molar-refractivity contribution in [3.05, 3.63) is 41.2 Å². The number of hydrogen-bond acceptors (Lipinski definition) is 7. The number of halogens is 2. The van der Waals surface area contributed by atoms with Crippen molar-refractivity contribution in [2.75, 3.05) is 18.4 Å². The number of ether oxygens (including phenoxy) is 1. The third kappa shape index (κ3) is 6.47. The minimum Gasteiger partial charge on any atom is -0.487 e. The van der Waals surface area contributed by atoms with Crippen LogP contribution in [0.2, 0.25) is 0 Å². The summed E-state index contributed by atoms with van der Waals surface area (Å²) in [6.07, 6.45) is 1.92. The van der Waals surface area contributed by atoms with E-state index in [0.717, 1.165) is 17.8 Å². The molecule has 2 aliphatic rings. The molecule has 4 N–H and O–H groups in total. The molecule has 0 bridgehead atoms. The molecule has 1 saturated heterocycles. The Bertz CT molecular complexity index is 1250. The molecule has 12 heteroatoms. The summed E-state index contributed by atoms with van der Waals surface area (Å²) in [5.74, 6) is -0.430. The van der Waals surface area contributed by atoms with Gasteiger partial charge >= 0.3 is 0 Å². The minimum absolute atomic E-state index is 0.00706. The standard InChI is InChI=1S/C26H32Cl2N6O4/c1-14-9-17(33-32-14)13-38-18-6-7-21(19(10-18)24(29)16(3)35)30-12-23(36)34-8-4-5-22(34)25(37)31-15(2)20-11-26(20,27)28/h6-7,9-10,15,20,22,29-30H,4-5,8,11-13H2,1-3H3,(H,31,37)(H,32,33). The molecular weight excluding hydrogens is 531 g/mol. The largest absolute Gasteiger partial charge is 0.487 e. The number of likely N-dealkylation sites (tertiary alicyclic amines) is 1. The number of Topliss-reactive ketones (excluding diaryl/α,β-unsaturated/α-hetero) is 1. The van der Waals surface area contributed by atoms with E-state index in [1.807, 2.05) is 19.9 Å². The monoisotopic (exact) mass is 562 g/mol. The maximum atomic E-state index is 13.1. The molecule has 204 valence electrons. The molecule has 3 atom stereocenters. The number of hydrogen-bond donors (Lipinski definition) is 4. The van der Waals surface area contributed by atoms with Crippen LogP contribution in [0.3, 0.4) is 0 Å². The van der Waals surface area contributed by atoms with Crippen LogP contribution < -0.4 is 15.4 Å². The van der Waals surface area contributed by atoms with E-state index in [1.54, 1.807) is 23.1 Å². The number of rotatable bonds is 11. The van der Waals surface area contributed by atoms with E-state index in [2.05, 4.69) is 20.8 Å². The summed E-state index contributed by atoms with van der Waals surface area (Å²) in [5.41, 5.74) is 2.20. The smallest absolute Gasteiger partial charge is 0.243 e. The van der Waals surface area contributed by atoms with Gasteiger partial charge in [-0.25, -0.2) is 0 Å². The fraction of sp³-hybridized carbons (Fsp3) is 0.500. The zero-order valence-electron chi connectivity index (χ0n) is 21.6. The number of ketones is 1. The van der Waals surface area contributed by atoms with Gasteiger partial charge in [0, 0.05) is 42.4 Å². The molecule has 38 heavy (non-hydrogen) atoms. The summed E-state index contributed by atoms with van der Waals surface area (Å²) in [7, 11) is 0. The molecule has 1 aliphatic heterocycles. The van der Waals surface area contributed by atoms with Crippen molar-refractivity contribution in [2.24, 2.45) is 5.92 Å². The highest BCUT2D eigenvalue weighted by atomic mass is 35.5. The van der Waals surface area contributed by atoms with Crippen molar-refractivity contribution in [1.29, 1.82) is 5.41 Å². The van der Waals surface area contributed by atoms with E-state index in [4.69, 9.17) is 33.3 Å². The number of nitrogens with one attached hydrogen (secondary N) is 4. The van der Waals surface area contributed by atoms with Crippen LogP contribution in [0.25, 0.3) is 0 Å². The van der Waals surface area contributed by atoms with Crippen LogP contribution in [0.4, 0.5) is 5.69 Å². The molecule has 2 aromatic rings. The first-order valence-corrected chi connectivity index (χ1v) is 13.3. The van der Waals surface area contributed by atoms with Crippen molar-refractivity contribution in [2.45, 2.75) is 63.1 Å². The molecule has 1 aromatic carbocycles. The van der Waals surface area contributed by atoms with Crippen LogP contribution >= 0.6 is 23.2 Å². The van der Waals surface area contributed by atoms with Crippen LogP contribution in [-0.4, -0.2) is 67.9 Å². The number of benzene rings is 1. The Labute approximate surface area is 231 Å². The number of carbonyl (C=O) groups is 3. The first-order chi connectivity index (χ1) is 18.0. The summed E-state index contributed by atoms with van der Waals surface area (Å²) < 4.78 is 4.99. The number of aromatic nitrogens is 2. The lowest BCUT2D eigenvalue weighted by atomic mass is 10.0. The van der Waals surface area contributed by atoms with Crippen molar-refractivity contribution >= 4 is 52.2 Å². The first-order valence-electron chi connectivity index (χ1n) is 12.6. The summed E-state index contributed by atoms with van der Waals surface area (Å²) >= 11 is 12.3. The molecule has 2 heterocycles. The molecule has 10 nitrogen and oxygen atoms in total. The van der Waals surface area contributed by atoms with Gasteiger partial charge < -0.3 is 20.3 Å². The number of carbonyl (C=O) groups excluding carboxylic acids is 3. The van der Waals surface area contributed by atoms with Crippen molar-refractivity contribution < 1.29 is 19.1 Å². The van der Waals surface area contributed by atoms with E-state index >= 15 is 0 Å². The van der Waals surface area contributed by atoms with E-state index in [0.29, 0.717) is 36.4 Å². The van der Waals surface area contributed by atoms with E-state index < -0.39 is 16.2 Å². The highest BCUT2D eigenvalue weighted by Gasteiger charge is 2.55. The normalized spacial score (nSPS) is 20.5.